The highest BCUT2D eigenvalue weighted by Crippen LogP contribution is 2.13. The molecular formula is C56H88O6. The fourth-order valence-electron chi connectivity index (χ4n) is 6.24. The molecule has 0 spiro atoms. The Balaban J connectivity index is 4.53. The molecular weight excluding hydrogens is 769 g/mol. The van der Waals surface area contributed by atoms with E-state index >= 15 is 0 Å². The van der Waals surface area contributed by atoms with Crippen LogP contribution in [0.4, 0.5) is 0 Å². The van der Waals surface area contributed by atoms with Gasteiger partial charge in [0.2, 0.25) is 0 Å². The molecule has 0 radical (unpaired) electrons. The van der Waals surface area contributed by atoms with Crippen LogP contribution in [0, 0.1) is 0 Å². The predicted octanol–water partition coefficient (Wildman–Crippen LogP) is 16.1. The summed E-state index contributed by atoms with van der Waals surface area (Å²) in [6, 6.07) is 0. The third-order valence-corrected chi connectivity index (χ3v) is 9.90. The van der Waals surface area contributed by atoms with Crippen LogP contribution < -0.4 is 0 Å². The SMILES string of the molecule is CC\C=C/C=C\C=C/C=C\C=C/CCCC(=O)OC(COC(=O)CCCCC\C=C/C=C\C=C/C=C\CC)COC(=O)CCCCCCC/C=C\CCCCCCCCCCC. The summed E-state index contributed by atoms with van der Waals surface area (Å²) in [4.78, 5) is 37.9. The zero-order valence-corrected chi connectivity index (χ0v) is 39.6. The molecule has 0 amide bonds. The van der Waals surface area contributed by atoms with E-state index in [0.29, 0.717) is 19.3 Å². The summed E-state index contributed by atoms with van der Waals surface area (Å²) in [5, 5.41) is 0. The van der Waals surface area contributed by atoms with Crippen molar-refractivity contribution in [3.05, 3.63) is 122 Å². The lowest BCUT2D eigenvalue weighted by Crippen LogP contribution is -2.30. The number of hydrogen-bond acceptors (Lipinski definition) is 6. The van der Waals surface area contributed by atoms with Crippen LogP contribution in [0.1, 0.15) is 194 Å². The summed E-state index contributed by atoms with van der Waals surface area (Å²) >= 11 is 0. The number of allylic oxidation sites excluding steroid dienone is 20. The van der Waals surface area contributed by atoms with Gasteiger partial charge in [-0.3, -0.25) is 14.4 Å². The van der Waals surface area contributed by atoms with Gasteiger partial charge in [-0.15, -0.1) is 0 Å². The van der Waals surface area contributed by atoms with E-state index in [-0.39, 0.29) is 31.6 Å². The molecule has 0 aliphatic rings. The molecule has 62 heavy (non-hydrogen) atoms. The second-order valence-corrected chi connectivity index (χ2v) is 15.8. The Hall–Kier alpha value is -4.19. The number of carbonyl (C=O) groups excluding carboxylic acids is 3. The van der Waals surface area contributed by atoms with Gasteiger partial charge in [0.1, 0.15) is 13.2 Å². The molecule has 0 rings (SSSR count). The topological polar surface area (TPSA) is 78.9 Å². The molecule has 0 saturated heterocycles. The van der Waals surface area contributed by atoms with E-state index in [1.54, 1.807) is 0 Å². The van der Waals surface area contributed by atoms with Crippen LogP contribution in [0.3, 0.4) is 0 Å². The second-order valence-electron chi connectivity index (χ2n) is 15.8. The first-order valence-electron chi connectivity index (χ1n) is 24.7. The van der Waals surface area contributed by atoms with E-state index in [1.165, 1.54) is 70.6 Å². The molecule has 0 bridgehead atoms. The zero-order valence-electron chi connectivity index (χ0n) is 39.6. The van der Waals surface area contributed by atoms with Gasteiger partial charge in [0.05, 0.1) is 0 Å². The minimum absolute atomic E-state index is 0.127. The minimum atomic E-state index is -0.837. The Morgan fingerprint density at radius 3 is 1.10 bits per heavy atom. The normalized spacial score (nSPS) is 13.1. The lowest BCUT2D eigenvalue weighted by Gasteiger charge is -2.18. The van der Waals surface area contributed by atoms with E-state index in [1.807, 2.05) is 91.1 Å². The molecule has 1 atom stereocenters. The average molecular weight is 857 g/mol. The van der Waals surface area contributed by atoms with Gasteiger partial charge in [-0.05, 0) is 77.0 Å². The number of rotatable bonds is 42. The monoisotopic (exact) mass is 857 g/mol. The molecule has 0 aromatic carbocycles. The predicted molar refractivity (Wildman–Crippen MR) is 265 cm³/mol. The first-order chi connectivity index (χ1) is 30.5. The molecule has 0 aromatic heterocycles. The largest absolute Gasteiger partial charge is 0.462 e. The van der Waals surface area contributed by atoms with Crippen LogP contribution >= 0.6 is 0 Å². The van der Waals surface area contributed by atoms with Crippen molar-refractivity contribution in [2.24, 2.45) is 0 Å². The Bertz CT molecular complexity index is 1350. The molecule has 348 valence electrons. The van der Waals surface area contributed by atoms with Gasteiger partial charge in [-0.2, -0.15) is 0 Å². The number of carbonyl (C=O) groups is 3. The first kappa shape index (κ1) is 57.8. The van der Waals surface area contributed by atoms with Gasteiger partial charge in [-0.1, -0.05) is 219 Å². The highest BCUT2D eigenvalue weighted by atomic mass is 16.6. The Kier molecular flexibility index (Phi) is 46.1. The summed E-state index contributed by atoms with van der Waals surface area (Å²) in [6.45, 7) is 6.22. The van der Waals surface area contributed by atoms with Crippen molar-refractivity contribution in [2.75, 3.05) is 13.2 Å². The van der Waals surface area contributed by atoms with E-state index in [4.69, 9.17) is 14.2 Å². The Morgan fingerprint density at radius 1 is 0.339 bits per heavy atom. The molecule has 6 heteroatoms. The average Bonchev–Trinajstić information content (AvgIpc) is 3.27. The second kappa shape index (κ2) is 49.5. The summed E-state index contributed by atoms with van der Waals surface area (Å²) in [5.41, 5.74) is 0. The smallest absolute Gasteiger partial charge is 0.306 e. The van der Waals surface area contributed by atoms with Crippen molar-refractivity contribution in [1.29, 1.82) is 0 Å². The molecule has 0 aliphatic carbocycles. The van der Waals surface area contributed by atoms with Crippen molar-refractivity contribution in [3.8, 4) is 0 Å². The van der Waals surface area contributed by atoms with Crippen LogP contribution in [-0.2, 0) is 28.6 Å². The number of hydrogen-bond donors (Lipinski definition) is 0. The van der Waals surface area contributed by atoms with Gasteiger partial charge in [0.15, 0.2) is 6.10 Å². The maximum atomic E-state index is 12.7. The maximum Gasteiger partial charge on any atom is 0.306 e. The third-order valence-electron chi connectivity index (χ3n) is 9.90. The zero-order chi connectivity index (χ0) is 45.1. The molecule has 0 heterocycles. The van der Waals surface area contributed by atoms with E-state index in [9.17, 15) is 14.4 Å². The standard InChI is InChI=1S/C56H88O6/c1-4-7-10-13-16-19-22-25-26-27-28-29-32-34-37-40-43-46-49-55(58)61-52-53(62-56(59)50-47-44-41-38-35-31-24-21-18-15-12-9-6-3)51-60-54(57)48-45-42-39-36-33-30-23-20-17-14-11-8-5-2/h8-9,11-12,14-15,17-18,20-21,23-24,28-31,33,35,38,41,53H,4-7,10,13,16,19,22,25-27,32,34,36-37,39-40,42-52H2,1-3H3/b11-8-,12-9-,17-14-,18-15-,23-20-,24-21-,29-28-,33-30-,35-31-,41-38-. The summed E-state index contributed by atoms with van der Waals surface area (Å²) in [6.07, 6.45) is 67.7. The van der Waals surface area contributed by atoms with Crippen molar-refractivity contribution < 1.29 is 28.6 Å². The Morgan fingerprint density at radius 2 is 0.661 bits per heavy atom. The minimum Gasteiger partial charge on any atom is -0.462 e. The van der Waals surface area contributed by atoms with Gasteiger partial charge < -0.3 is 14.2 Å². The van der Waals surface area contributed by atoms with Gasteiger partial charge in [0.25, 0.3) is 0 Å². The fraction of sp³-hybridized carbons (Fsp3) is 0.589. The quantitative estimate of drug-likeness (QED) is 0.0200. The third kappa shape index (κ3) is 46.9. The first-order valence-corrected chi connectivity index (χ1v) is 24.7. The summed E-state index contributed by atoms with van der Waals surface area (Å²) in [5.74, 6) is -1.06. The van der Waals surface area contributed by atoms with Crippen LogP contribution in [0.25, 0.3) is 0 Å². The highest BCUT2D eigenvalue weighted by molar-refractivity contribution is 5.71. The molecule has 0 N–H and O–H groups in total. The van der Waals surface area contributed by atoms with Gasteiger partial charge in [0, 0.05) is 19.3 Å². The molecule has 1 unspecified atom stereocenters. The number of ether oxygens (including phenoxy) is 3. The van der Waals surface area contributed by atoms with Crippen molar-refractivity contribution >= 4 is 17.9 Å². The maximum absolute atomic E-state index is 12.7. The summed E-state index contributed by atoms with van der Waals surface area (Å²) in [7, 11) is 0. The van der Waals surface area contributed by atoms with Crippen LogP contribution in [0.15, 0.2) is 122 Å². The van der Waals surface area contributed by atoms with E-state index < -0.39 is 12.1 Å². The molecule has 0 aromatic rings. The van der Waals surface area contributed by atoms with Crippen molar-refractivity contribution in [1.82, 2.24) is 0 Å². The van der Waals surface area contributed by atoms with Crippen molar-refractivity contribution in [2.45, 2.75) is 200 Å². The lowest BCUT2D eigenvalue weighted by atomic mass is 10.1. The van der Waals surface area contributed by atoms with E-state index in [0.717, 1.165) is 77.0 Å². The lowest BCUT2D eigenvalue weighted by molar-refractivity contribution is -0.167. The van der Waals surface area contributed by atoms with Crippen molar-refractivity contribution in [3.63, 3.8) is 0 Å². The van der Waals surface area contributed by atoms with E-state index in [2.05, 4.69) is 51.2 Å². The van der Waals surface area contributed by atoms with Gasteiger partial charge in [-0.25, -0.2) is 0 Å². The summed E-state index contributed by atoms with van der Waals surface area (Å²) < 4.78 is 16.6. The van der Waals surface area contributed by atoms with Crippen LogP contribution in [-0.4, -0.2) is 37.2 Å². The molecule has 0 fully saturated rings. The molecule has 6 nitrogen and oxygen atoms in total. The molecule has 0 aliphatic heterocycles. The molecule has 0 saturated carbocycles. The van der Waals surface area contributed by atoms with Gasteiger partial charge >= 0.3 is 17.9 Å². The number of unbranched alkanes of at least 4 members (excludes halogenated alkanes) is 18. The highest BCUT2D eigenvalue weighted by Gasteiger charge is 2.19. The Labute approximate surface area is 380 Å². The van der Waals surface area contributed by atoms with Crippen LogP contribution in [0.5, 0.6) is 0 Å². The van der Waals surface area contributed by atoms with Crippen LogP contribution in [0.2, 0.25) is 0 Å². The number of esters is 3. The fourth-order valence-corrected chi connectivity index (χ4v) is 6.24.